The summed E-state index contributed by atoms with van der Waals surface area (Å²) in [5.41, 5.74) is 4.23. The van der Waals surface area contributed by atoms with E-state index in [1.807, 2.05) is 41.1 Å². The van der Waals surface area contributed by atoms with Crippen LogP contribution >= 0.6 is 0 Å². The van der Waals surface area contributed by atoms with E-state index >= 15 is 0 Å². The molecule has 0 aliphatic heterocycles. The van der Waals surface area contributed by atoms with Gasteiger partial charge in [0.05, 0.1) is 12.2 Å². The molecular formula is C16H15N3. The smallest absolute Gasteiger partial charge is 0.111 e. The topological polar surface area (TPSA) is 30.7 Å². The molecule has 0 atom stereocenters. The molecule has 0 fully saturated rings. The van der Waals surface area contributed by atoms with Crippen LogP contribution in [0.2, 0.25) is 0 Å². The van der Waals surface area contributed by atoms with Gasteiger partial charge in [-0.25, -0.2) is 0 Å². The van der Waals surface area contributed by atoms with Crippen molar-refractivity contribution in [1.82, 2.24) is 14.8 Å². The fourth-order valence-electron chi connectivity index (χ4n) is 2.07. The number of hydrogen-bond acceptors (Lipinski definition) is 2. The van der Waals surface area contributed by atoms with Gasteiger partial charge >= 0.3 is 0 Å². The Hall–Kier alpha value is -2.42. The SMILES string of the molecule is Cc1cc(-c2ccccn2)nn1Cc1ccccc1. The summed E-state index contributed by atoms with van der Waals surface area (Å²) in [6.07, 6.45) is 1.79. The minimum Gasteiger partial charge on any atom is -0.265 e. The molecule has 0 saturated heterocycles. The molecule has 1 aromatic carbocycles. The summed E-state index contributed by atoms with van der Waals surface area (Å²) in [6, 6.07) is 18.3. The van der Waals surface area contributed by atoms with Gasteiger partial charge in [0.25, 0.3) is 0 Å². The van der Waals surface area contributed by atoms with Gasteiger partial charge in [0.1, 0.15) is 5.69 Å². The van der Waals surface area contributed by atoms with Crippen LogP contribution in [0.4, 0.5) is 0 Å². The Morgan fingerprint density at radius 3 is 2.47 bits per heavy atom. The first-order chi connectivity index (χ1) is 9.33. The fraction of sp³-hybridized carbons (Fsp3) is 0.125. The second-order valence-corrected chi connectivity index (χ2v) is 4.53. The van der Waals surface area contributed by atoms with Gasteiger partial charge in [0, 0.05) is 11.9 Å². The van der Waals surface area contributed by atoms with E-state index in [1.165, 1.54) is 5.56 Å². The maximum atomic E-state index is 4.63. The molecule has 0 bridgehead atoms. The minimum atomic E-state index is 0.791. The molecule has 3 heteroatoms. The normalized spacial score (nSPS) is 10.6. The Kier molecular flexibility index (Phi) is 3.11. The van der Waals surface area contributed by atoms with Crippen molar-refractivity contribution < 1.29 is 0 Å². The van der Waals surface area contributed by atoms with Gasteiger partial charge in [-0.1, -0.05) is 36.4 Å². The summed E-state index contributed by atoms with van der Waals surface area (Å²) < 4.78 is 2.01. The third-order valence-corrected chi connectivity index (χ3v) is 3.08. The van der Waals surface area contributed by atoms with E-state index in [2.05, 4.69) is 35.2 Å². The van der Waals surface area contributed by atoms with Crippen molar-refractivity contribution in [1.29, 1.82) is 0 Å². The van der Waals surface area contributed by atoms with Gasteiger partial charge in [-0.05, 0) is 30.7 Å². The first-order valence-electron chi connectivity index (χ1n) is 6.33. The Morgan fingerprint density at radius 2 is 1.74 bits per heavy atom. The van der Waals surface area contributed by atoms with E-state index in [0.29, 0.717) is 0 Å². The second-order valence-electron chi connectivity index (χ2n) is 4.53. The van der Waals surface area contributed by atoms with Crippen LogP contribution < -0.4 is 0 Å². The number of nitrogens with zero attached hydrogens (tertiary/aromatic N) is 3. The molecular weight excluding hydrogens is 234 g/mol. The molecule has 0 aliphatic carbocycles. The average molecular weight is 249 g/mol. The van der Waals surface area contributed by atoms with Crippen LogP contribution in [0.15, 0.2) is 60.8 Å². The van der Waals surface area contributed by atoms with Gasteiger partial charge in [-0.3, -0.25) is 9.67 Å². The zero-order chi connectivity index (χ0) is 13.1. The van der Waals surface area contributed by atoms with Gasteiger partial charge in [0.2, 0.25) is 0 Å². The zero-order valence-electron chi connectivity index (χ0n) is 10.8. The van der Waals surface area contributed by atoms with Crippen molar-refractivity contribution in [3.63, 3.8) is 0 Å². The van der Waals surface area contributed by atoms with Crippen molar-refractivity contribution in [3.05, 3.63) is 72.1 Å². The number of aryl methyl sites for hydroxylation is 1. The van der Waals surface area contributed by atoms with Crippen molar-refractivity contribution in [3.8, 4) is 11.4 Å². The number of rotatable bonds is 3. The molecule has 0 aliphatic rings. The monoisotopic (exact) mass is 249 g/mol. The quantitative estimate of drug-likeness (QED) is 0.713. The van der Waals surface area contributed by atoms with Crippen molar-refractivity contribution >= 4 is 0 Å². The molecule has 3 nitrogen and oxygen atoms in total. The van der Waals surface area contributed by atoms with E-state index in [0.717, 1.165) is 23.6 Å². The molecule has 0 unspecified atom stereocenters. The number of benzene rings is 1. The molecule has 19 heavy (non-hydrogen) atoms. The molecule has 0 amide bonds. The number of pyridine rings is 1. The Bertz CT molecular complexity index is 657. The molecule has 3 rings (SSSR count). The standard InChI is InChI=1S/C16H15N3/c1-13-11-16(15-9-5-6-10-17-15)18-19(13)12-14-7-3-2-4-8-14/h2-11H,12H2,1H3. The van der Waals surface area contributed by atoms with E-state index in [1.54, 1.807) is 6.20 Å². The van der Waals surface area contributed by atoms with Crippen LogP contribution in [-0.4, -0.2) is 14.8 Å². The largest absolute Gasteiger partial charge is 0.265 e. The molecule has 3 aromatic rings. The lowest BCUT2D eigenvalue weighted by molar-refractivity contribution is 0.667. The van der Waals surface area contributed by atoms with Crippen molar-refractivity contribution in [2.45, 2.75) is 13.5 Å². The Labute approximate surface area is 112 Å². The highest BCUT2D eigenvalue weighted by Crippen LogP contribution is 2.16. The number of hydrogen-bond donors (Lipinski definition) is 0. The summed E-state index contributed by atoms with van der Waals surface area (Å²) in [5.74, 6) is 0. The van der Waals surface area contributed by atoms with Crippen LogP contribution in [0.3, 0.4) is 0 Å². The molecule has 0 spiro atoms. The van der Waals surface area contributed by atoms with Crippen LogP contribution in [0, 0.1) is 6.92 Å². The lowest BCUT2D eigenvalue weighted by atomic mass is 10.2. The molecule has 94 valence electrons. The van der Waals surface area contributed by atoms with Gasteiger partial charge < -0.3 is 0 Å². The van der Waals surface area contributed by atoms with E-state index in [9.17, 15) is 0 Å². The van der Waals surface area contributed by atoms with Gasteiger partial charge in [-0.2, -0.15) is 5.10 Å². The highest BCUT2D eigenvalue weighted by atomic mass is 15.3. The second kappa shape index (κ2) is 5.06. The molecule has 0 N–H and O–H groups in total. The maximum Gasteiger partial charge on any atom is 0.111 e. The van der Waals surface area contributed by atoms with Crippen molar-refractivity contribution in [2.24, 2.45) is 0 Å². The predicted octanol–water partition coefficient (Wildman–Crippen LogP) is 3.30. The molecule has 0 saturated carbocycles. The number of aromatic nitrogens is 3. The zero-order valence-corrected chi connectivity index (χ0v) is 10.8. The van der Waals surface area contributed by atoms with Crippen LogP contribution in [-0.2, 0) is 6.54 Å². The molecule has 2 heterocycles. The summed E-state index contributed by atoms with van der Waals surface area (Å²) >= 11 is 0. The summed E-state index contributed by atoms with van der Waals surface area (Å²) in [6.45, 7) is 2.86. The summed E-state index contributed by atoms with van der Waals surface area (Å²) in [4.78, 5) is 4.33. The average Bonchev–Trinajstić information content (AvgIpc) is 2.82. The lowest BCUT2D eigenvalue weighted by Crippen LogP contribution is -2.03. The van der Waals surface area contributed by atoms with E-state index in [-0.39, 0.29) is 0 Å². The minimum absolute atomic E-state index is 0.791. The third kappa shape index (κ3) is 2.55. The first-order valence-corrected chi connectivity index (χ1v) is 6.33. The fourth-order valence-corrected chi connectivity index (χ4v) is 2.07. The van der Waals surface area contributed by atoms with E-state index in [4.69, 9.17) is 0 Å². The molecule has 0 radical (unpaired) electrons. The Balaban J connectivity index is 1.90. The van der Waals surface area contributed by atoms with Crippen LogP contribution in [0.25, 0.3) is 11.4 Å². The molecule has 2 aromatic heterocycles. The van der Waals surface area contributed by atoms with Crippen LogP contribution in [0.5, 0.6) is 0 Å². The highest BCUT2D eigenvalue weighted by Gasteiger charge is 2.07. The predicted molar refractivity (Wildman–Crippen MR) is 75.7 cm³/mol. The first kappa shape index (κ1) is 11.7. The Morgan fingerprint density at radius 1 is 0.947 bits per heavy atom. The lowest BCUT2D eigenvalue weighted by Gasteiger charge is -2.03. The van der Waals surface area contributed by atoms with E-state index < -0.39 is 0 Å². The van der Waals surface area contributed by atoms with Crippen molar-refractivity contribution in [2.75, 3.05) is 0 Å². The summed E-state index contributed by atoms with van der Waals surface area (Å²) in [5, 5.41) is 4.63. The van der Waals surface area contributed by atoms with Gasteiger partial charge in [-0.15, -0.1) is 0 Å². The third-order valence-electron chi connectivity index (χ3n) is 3.08. The van der Waals surface area contributed by atoms with Gasteiger partial charge in [0.15, 0.2) is 0 Å². The van der Waals surface area contributed by atoms with Crippen LogP contribution in [0.1, 0.15) is 11.3 Å². The highest BCUT2D eigenvalue weighted by molar-refractivity contribution is 5.53. The maximum absolute atomic E-state index is 4.63. The summed E-state index contributed by atoms with van der Waals surface area (Å²) in [7, 11) is 0.